The molecule has 0 heterocycles. The number of halogens is 2. The summed E-state index contributed by atoms with van der Waals surface area (Å²) in [6.45, 7) is -2.92. The van der Waals surface area contributed by atoms with Crippen molar-refractivity contribution in [3.63, 3.8) is 0 Å². The molecule has 1 aliphatic carbocycles. The summed E-state index contributed by atoms with van der Waals surface area (Å²) in [5, 5.41) is 11.6. The third-order valence-corrected chi connectivity index (χ3v) is 3.39. The van der Waals surface area contributed by atoms with Crippen LogP contribution in [0.5, 0.6) is 5.75 Å². The van der Waals surface area contributed by atoms with Crippen molar-refractivity contribution in [3.8, 4) is 5.75 Å². The van der Waals surface area contributed by atoms with E-state index in [1.54, 1.807) is 0 Å². The van der Waals surface area contributed by atoms with E-state index < -0.39 is 23.9 Å². The fraction of sp³-hybridized carbons (Fsp3) is 0.385. The summed E-state index contributed by atoms with van der Waals surface area (Å²) in [5.41, 5.74) is -1.03. The van der Waals surface area contributed by atoms with Gasteiger partial charge in [-0.3, -0.25) is 9.59 Å². The number of rotatable bonds is 5. The smallest absolute Gasteiger partial charge is 0.387 e. The van der Waals surface area contributed by atoms with E-state index in [0.29, 0.717) is 24.9 Å². The monoisotopic (exact) mass is 285 g/mol. The SMILES string of the molecule is O=C(O)C1(C(=O)Nc2ccc(OC(F)F)cc2)CCC1. The van der Waals surface area contributed by atoms with Crippen molar-refractivity contribution in [1.29, 1.82) is 0 Å². The molecule has 2 N–H and O–H groups in total. The van der Waals surface area contributed by atoms with Gasteiger partial charge in [0.2, 0.25) is 5.91 Å². The van der Waals surface area contributed by atoms with Crippen LogP contribution >= 0.6 is 0 Å². The van der Waals surface area contributed by atoms with Crippen LogP contribution in [0.25, 0.3) is 0 Å². The Labute approximate surface area is 113 Å². The van der Waals surface area contributed by atoms with Crippen molar-refractivity contribution in [2.75, 3.05) is 5.32 Å². The van der Waals surface area contributed by atoms with Crippen LogP contribution in [0.1, 0.15) is 19.3 Å². The van der Waals surface area contributed by atoms with Crippen LogP contribution in [0.2, 0.25) is 0 Å². The molecule has 0 atom stereocenters. The number of carbonyl (C=O) groups excluding carboxylic acids is 1. The molecule has 1 aromatic rings. The van der Waals surface area contributed by atoms with Gasteiger partial charge in [-0.1, -0.05) is 6.42 Å². The van der Waals surface area contributed by atoms with Crippen molar-refractivity contribution in [3.05, 3.63) is 24.3 Å². The van der Waals surface area contributed by atoms with E-state index in [9.17, 15) is 18.4 Å². The number of anilines is 1. The Morgan fingerprint density at radius 2 is 1.85 bits per heavy atom. The van der Waals surface area contributed by atoms with Crippen molar-refractivity contribution in [1.82, 2.24) is 0 Å². The highest BCUT2D eigenvalue weighted by Gasteiger charge is 2.51. The lowest BCUT2D eigenvalue weighted by atomic mass is 9.68. The first-order valence-electron chi connectivity index (χ1n) is 6.04. The number of carboxylic acid groups (broad SMARTS) is 1. The summed E-state index contributed by atoms with van der Waals surface area (Å²) in [6.07, 6.45) is 1.31. The molecule has 0 aliphatic heterocycles. The second-order valence-electron chi connectivity index (χ2n) is 4.60. The van der Waals surface area contributed by atoms with Gasteiger partial charge in [0.25, 0.3) is 0 Å². The van der Waals surface area contributed by atoms with E-state index in [0.717, 1.165) is 0 Å². The van der Waals surface area contributed by atoms with E-state index in [2.05, 4.69) is 10.1 Å². The molecule has 20 heavy (non-hydrogen) atoms. The molecule has 1 amide bonds. The molecule has 0 unspecified atom stereocenters. The molecule has 1 fully saturated rings. The Kier molecular flexibility index (Phi) is 3.87. The van der Waals surface area contributed by atoms with Crippen molar-refractivity contribution in [2.45, 2.75) is 25.9 Å². The highest BCUT2D eigenvalue weighted by Crippen LogP contribution is 2.42. The van der Waals surface area contributed by atoms with Crippen molar-refractivity contribution < 1.29 is 28.2 Å². The van der Waals surface area contributed by atoms with Gasteiger partial charge in [0.15, 0.2) is 0 Å². The van der Waals surface area contributed by atoms with E-state index in [-0.39, 0.29) is 5.75 Å². The number of carboxylic acids is 1. The van der Waals surface area contributed by atoms with Crippen molar-refractivity contribution >= 4 is 17.6 Å². The minimum absolute atomic E-state index is 0.0328. The standard InChI is InChI=1S/C13H13F2NO4/c14-12(15)20-9-4-2-8(3-5-9)16-10(17)13(11(18)19)6-1-7-13/h2-5,12H,1,6-7H2,(H,16,17)(H,18,19). The Morgan fingerprint density at radius 3 is 2.25 bits per heavy atom. The molecular weight excluding hydrogens is 272 g/mol. The molecule has 108 valence electrons. The van der Waals surface area contributed by atoms with Crippen LogP contribution in [-0.2, 0) is 9.59 Å². The number of amides is 1. The number of carbonyl (C=O) groups is 2. The van der Waals surface area contributed by atoms with E-state index in [1.807, 2.05) is 0 Å². The first-order valence-corrected chi connectivity index (χ1v) is 6.04. The first-order chi connectivity index (χ1) is 9.44. The minimum Gasteiger partial charge on any atom is -0.480 e. The van der Waals surface area contributed by atoms with Gasteiger partial charge in [-0.05, 0) is 37.1 Å². The van der Waals surface area contributed by atoms with Gasteiger partial charge in [-0.15, -0.1) is 0 Å². The van der Waals surface area contributed by atoms with E-state index in [4.69, 9.17) is 5.11 Å². The Hall–Kier alpha value is -2.18. The zero-order valence-corrected chi connectivity index (χ0v) is 10.4. The number of hydrogen-bond donors (Lipinski definition) is 2. The molecular formula is C13H13F2NO4. The lowest BCUT2D eigenvalue weighted by Gasteiger charge is -2.35. The van der Waals surface area contributed by atoms with Crippen LogP contribution in [0.4, 0.5) is 14.5 Å². The molecule has 1 aliphatic rings. The largest absolute Gasteiger partial charge is 0.480 e. The molecule has 0 spiro atoms. The quantitative estimate of drug-likeness (QED) is 0.815. The first kappa shape index (κ1) is 14.2. The van der Waals surface area contributed by atoms with Gasteiger partial charge < -0.3 is 15.2 Å². The van der Waals surface area contributed by atoms with Gasteiger partial charge in [0, 0.05) is 5.69 Å². The second kappa shape index (κ2) is 5.44. The molecule has 0 bridgehead atoms. The third kappa shape index (κ3) is 2.71. The molecule has 5 nitrogen and oxygen atoms in total. The van der Waals surface area contributed by atoms with Crippen LogP contribution < -0.4 is 10.1 Å². The number of hydrogen-bond acceptors (Lipinski definition) is 3. The molecule has 0 radical (unpaired) electrons. The van der Waals surface area contributed by atoms with Crippen LogP contribution in [0.3, 0.4) is 0 Å². The topological polar surface area (TPSA) is 75.6 Å². The summed E-state index contributed by atoms with van der Waals surface area (Å²) < 4.78 is 28.1. The number of aliphatic carboxylic acids is 1. The summed E-state index contributed by atoms with van der Waals surface area (Å²) in [4.78, 5) is 23.1. The van der Waals surface area contributed by atoms with Crippen LogP contribution in [0, 0.1) is 5.41 Å². The fourth-order valence-electron chi connectivity index (χ4n) is 2.04. The van der Waals surface area contributed by atoms with Gasteiger partial charge >= 0.3 is 12.6 Å². The average molecular weight is 285 g/mol. The maximum Gasteiger partial charge on any atom is 0.387 e. The maximum atomic E-state index is 12.0. The van der Waals surface area contributed by atoms with E-state index in [1.165, 1.54) is 24.3 Å². The third-order valence-electron chi connectivity index (χ3n) is 3.39. The number of ether oxygens (including phenoxy) is 1. The Balaban J connectivity index is 2.03. The average Bonchev–Trinajstić information content (AvgIpc) is 2.28. The molecule has 1 aromatic carbocycles. The Bertz CT molecular complexity index is 512. The summed E-state index contributed by atoms with van der Waals surface area (Å²) in [5.74, 6) is -1.76. The van der Waals surface area contributed by atoms with Gasteiger partial charge in [-0.25, -0.2) is 0 Å². The lowest BCUT2D eigenvalue weighted by molar-refractivity contribution is -0.159. The molecule has 7 heteroatoms. The molecule has 2 rings (SSSR count). The Morgan fingerprint density at radius 1 is 1.25 bits per heavy atom. The highest BCUT2D eigenvalue weighted by atomic mass is 19.3. The van der Waals surface area contributed by atoms with E-state index >= 15 is 0 Å². The maximum absolute atomic E-state index is 12.0. The minimum atomic E-state index is -2.92. The van der Waals surface area contributed by atoms with Crippen LogP contribution in [0.15, 0.2) is 24.3 Å². The lowest BCUT2D eigenvalue weighted by Crippen LogP contribution is -2.48. The van der Waals surface area contributed by atoms with Gasteiger partial charge in [0.05, 0.1) is 0 Å². The summed E-state index contributed by atoms with van der Waals surface area (Å²) >= 11 is 0. The number of alkyl halides is 2. The normalized spacial score (nSPS) is 16.4. The van der Waals surface area contributed by atoms with Gasteiger partial charge in [0.1, 0.15) is 11.2 Å². The second-order valence-corrected chi connectivity index (χ2v) is 4.60. The van der Waals surface area contributed by atoms with Gasteiger partial charge in [-0.2, -0.15) is 8.78 Å². The summed E-state index contributed by atoms with van der Waals surface area (Å²) in [6, 6.07) is 5.31. The zero-order chi connectivity index (χ0) is 14.8. The predicted molar refractivity (Wildman–Crippen MR) is 65.6 cm³/mol. The molecule has 1 saturated carbocycles. The number of benzene rings is 1. The molecule has 0 saturated heterocycles. The predicted octanol–water partition coefficient (Wildman–Crippen LogP) is 2.48. The zero-order valence-electron chi connectivity index (χ0n) is 10.4. The highest BCUT2D eigenvalue weighted by molar-refractivity contribution is 6.09. The fourth-order valence-corrected chi connectivity index (χ4v) is 2.04. The summed E-state index contributed by atoms with van der Waals surface area (Å²) in [7, 11) is 0. The molecule has 0 aromatic heterocycles. The van der Waals surface area contributed by atoms with Crippen molar-refractivity contribution in [2.24, 2.45) is 5.41 Å². The number of nitrogens with one attached hydrogen (secondary N) is 1. The van der Waals surface area contributed by atoms with Crippen LogP contribution in [-0.4, -0.2) is 23.6 Å².